The fourth-order valence-electron chi connectivity index (χ4n) is 3.00. The first-order chi connectivity index (χ1) is 8.52. The molecule has 18 heavy (non-hydrogen) atoms. The Kier molecular flexibility index (Phi) is 3.85. The molecule has 4 heteroatoms. The molecule has 2 rings (SSSR count). The van der Waals surface area contributed by atoms with E-state index in [9.17, 15) is 4.79 Å². The van der Waals surface area contributed by atoms with Gasteiger partial charge < -0.3 is 10.3 Å². The first-order valence-corrected chi connectivity index (χ1v) is 6.95. The highest BCUT2D eigenvalue weighted by atomic mass is 32.1. The number of aryl methyl sites for hydroxylation is 2. The topological polar surface area (TPSA) is 48.0 Å². The van der Waals surface area contributed by atoms with Gasteiger partial charge in [0, 0.05) is 11.7 Å². The average molecular weight is 264 g/mol. The molecule has 3 nitrogen and oxygen atoms in total. The third-order valence-corrected chi connectivity index (χ3v) is 4.02. The van der Waals surface area contributed by atoms with Gasteiger partial charge >= 0.3 is 0 Å². The van der Waals surface area contributed by atoms with Crippen LogP contribution >= 0.6 is 12.2 Å². The Hall–Kier alpha value is -1.16. The van der Waals surface area contributed by atoms with Crippen molar-refractivity contribution in [3.63, 3.8) is 0 Å². The van der Waals surface area contributed by atoms with E-state index in [-0.39, 0.29) is 10.5 Å². The van der Waals surface area contributed by atoms with Crippen molar-refractivity contribution >= 4 is 17.2 Å². The van der Waals surface area contributed by atoms with Gasteiger partial charge in [0.25, 0.3) is 5.56 Å². The lowest BCUT2D eigenvalue weighted by atomic mass is 9.94. The summed E-state index contributed by atoms with van der Waals surface area (Å²) in [5, 5.41) is 0. The predicted molar refractivity (Wildman–Crippen MR) is 78.2 cm³/mol. The van der Waals surface area contributed by atoms with Crippen LogP contribution in [0.15, 0.2) is 10.9 Å². The monoisotopic (exact) mass is 264 g/mol. The van der Waals surface area contributed by atoms with Gasteiger partial charge in [-0.2, -0.15) is 0 Å². The quantitative estimate of drug-likeness (QED) is 0.835. The van der Waals surface area contributed by atoms with Gasteiger partial charge in [0.05, 0.1) is 5.56 Å². The minimum atomic E-state index is -0.00750. The van der Waals surface area contributed by atoms with E-state index < -0.39 is 0 Å². The highest BCUT2D eigenvalue weighted by Crippen LogP contribution is 2.28. The highest BCUT2D eigenvalue weighted by molar-refractivity contribution is 7.80. The maximum absolute atomic E-state index is 12.5. The number of hydrogen-bond donors (Lipinski definition) is 1. The molecule has 0 atom stereocenters. The van der Waals surface area contributed by atoms with Crippen LogP contribution in [0, 0.1) is 13.8 Å². The van der Waals surface area contributed by atoms with Crippen molar-refractivity contribution in [1.82, 2.24) is 4.57 Å². The molecule has 1 aliphatic carbocycles. The van der Waals surface area contributed by atoms with E-state index in [0.29, 0.717) is 11.6 Å². The molecule has 0 saturated heterocycles. The Morgan fingerprint density at radius 1 is 1.33 bits per heavy atom. The summed E-state index contributed by atoms with van der Waals surface area (Å²) in [6, 6.07) is 2.34. The number of rotatable bonds is 2. The molecule has 1 fully saturated rings. The van der Waals surface area contributed by atoms with Crippen LogP contribution in [-0.2, 0) is 0 Å². The van der Waals surface area contributed by atoms with Gasteiger partial charge in [-0.1, -0.05) is 31.5 Å². The number of aromatic nitrogens is 1. The Morgan fingerprint density at radius 2 is 1.94 bits per heavy atom. The van der Waals surface area contributed by atoms with Crippen molar-refractivity contribution in [3.8, 4) is 0 Å². The van der Waals surface area contributed by atoms with Gasteiger partial charge in [-0.05, 0) is 38.3 Å². The van der Waals surface area contributed by atoms with Gasteiger partial charge in [-0.3, -0.25) is 4.79 Å². The lowest BCUT2D eigenvalue weighted by Gasteiger charge is -2.26. The first-order valence-electron chi connectivity index (χ1n) is 6.55. The zero-order valence-electron chi connectivity index (χ0n) is 11.0. The van der Waals surface area contributed by atoms with Gasteiger partial charge in [-0.25, -0.2) is 0 Å². The van der Waals surface area contributed by atoms with Crippen LogP contribution in [-0.4, -0.2) is 9.56 Å². The van der Waals surface area contributed by atoms with Crippen LogP contribution in [0.1, 0.15) is 55.0 Å². The summed E-state index contributed by atoms with van der Waals surface area (Å²) < 4.78 is 1.90. The van der Waals surface area contributed by atoms with Crippen molar-refractivity contribution in [2.45, 2.75) is 52.0 Å². The van der Waals surface area contributed by atoms with Crippen molar-refractivity contribution in [2.24, 2.45) is 5.73 Å². The van der Waals surface area contributed by atoms with Crippen molar-refractivity contribution < 1.29 is 0 Å². The largest absolute Gasteiger partial charge is 0.389 e. The van der Waals surface area contributed by atoms with E-state index >= 15 is 0 Å². The van der Waals surface area contributed by atoms with Crippen LogP contribution < -0.4 is 11.3 Å². The second-order valence-corrected chi connectivity index (χ2v) is 5.61. The van der Waals surface area contributed by atoms with E-state index in [1.54, 1.807) is 0 Å². The maximum atomic E-state index is 12.5. The maximum Gasteiger partial charge on any atom is 0.261 e. The summed E-state index contributed by atoms with van der Waals surface area (Å²) in [4.78, 5) is 12.8. The summed E-state index contributed by atoms with van der Waals surface area (Å²) in [6.45, 7) is 3.89. The van der Waals surface area contributed by atoms with E-state index in [1.165, 1.54) is 19.3 Å². The molecule has 1 aliphatic rings. The lowest BCUT2D eigenvalue weighted by Crippen LogP contribution is -2.34. The summed E-state index contributed by atoms with van der Waals surface area (Å²) in [5.41, 5.74) is 8.09. The normalized spacial score (nSPS) is 16.8. The molecule has 98 valence electrons. The Balaban J connectivity index is 2.56. The van der Waals surface area contributed by atoms with Crippen LogP contribution in [0.5, 0.6) is 0 Å². The van der Waals surface area contributed by atoms with Crippen molar-refractivity contribution in [3.05, 3.63) is 33.2 Å². The molecule has 0 unspecified atom stereocenters. The molecule has 1 heterocycles. The minimum absolute atomic E-state index is 0.00750. The number of nitrogens with zero attached hydrogens (tertiary/aromatic N) is 1. The summed E-state index contributed by atoms with van der Waals surface area (Å²) in [6.07, 6.45) is 5.85. The Morgan fingerprint density at radius 3 is 2.50 bits per heavy atom. The van der Waals surface area contributed by atoms with E-state index in [0.717, 1.165) is 24.1 Å². The first kappa shape index (κ1) is 13.3. The molecule has 0 spiro atoms. The number of hydrogen-bond acceptors (Lipinski definition) is 2. The zero-order chi connectivity index (χ0) is 13.3. The Bertz CT molecular complexity index is 527. The fourth-order valence-corrected chi connectivity index (χ4v) is 3.25. The molecule has 0 amide bonds. The predicted octanol–water partition coefficient (Wildman–Crippen LogP) is 2.60. The third kappa shape index (κ3) is 2.34. The number of nitrogens with two attached hydrogens (primary N) is 1. The zero-order valence-corrected chi connectivity index (χ0v) is 11.8. The molecule has 0 aromatic carbocycles. The van der Waals surface area contributed by atoms with Gasteiger partial charge in [0.1, 0.15) is 4.99 Å². The summed E-state index contributed by atoms with van der Waals surface area (Å²) >= 11 is 5.01. The van der Waals surface area contributed by atoms with Gasteiger partial charge in [0.15, 0.2) is 0 Å². The second kappa shape index (κ2) is 5.22. The molecular weight excluding hydrogens is 244 g/mol. The molecule has 0 aliphatic heterocycles. The van der Waals surface area contributed by atoms with Crippen molar-refractivity contribution in [2.75, 3.05) is 0 Å². The standard InChI is InChI=1S/C14H20N2OS/c1-9-8-10(2)16(11-6-4-3-5-7-11)14(17)12(9)13(15)18/h8,11H,3-7H2,1-2H3,(H2,15,18). The fraction of sp³-hybridized carbons (Fsp3) is 0.571. The minimum Gasteiger partial charge on any atom is -0.389 e. The second-order valence-electron chi connectivity index (χ2n) is 5.17. The average Bonchev–Trinajstić information content (AvgIpc) is 2.28. The lowest BCUT2D eigenvalue weighted by molar-refractivity contribution is 0.341. The SMILES string of the molecule is Cc1cc(C)n(C2CCCCC2)c(=O)c1C(N)=S. The molecule has 2 N–H and O–H groups in total. The molecule has 1 aromatic heterocycles. The van der Waals surface area contributed by atoms with E-state index in [4.69, 9.17) is 18.0 Å². The van der Waals surface area contributed by atoms with E-state index in [2.05, 4.69) is 0 Å². The number of pyridine rings is 1. The van der Waals surface area contributed by atoms with Crippen LogP contribution in [0.2, 0.25) is 0 Å². The van der Waals surface area contributed by atoms with Crippen LogP contribution in [0.3, 0.4) is 0 Å². The Labute approximate surface area is 113 Å². The van der Waals surface area contributed by atoms with Crippen LogP contribution in [0.4, 0.5) is 0 Å². The molecular formula is C14H20N2OS. The molecule has 1 saturated carbocycles. The van der Waals surface area contributed by atoms with Gasteiger partial charge in [-0.15, -0.1) is 0 Å². The molecule has 0 radical (unpaired) electrons. The van der Waals surface area contributed by atoms with Crippen LogP contribution in [0.25, 0.3) is 0 Å². The third-order valence-electron chi connectivity index (χ3n) is 3.82. The highest BCUT2D eigenvalue weighted by Gasteiger charge is 2.21. The molecule has 1 aromatic rings. The summed E-state index contributed by atoms with van der Waals surface area (Å²) in [5.74, 6) is 0. The van der Waals surface area contributed by atoms with E-state index in [1.807, 2.05) is 24.5 Å². The number of thiocarbonyl (C=S) groups is 1. The molecule has 0 bridgehead atoms. The smallest absolute Gasteiger partial charge is 0.261 e. The van der Waals surface area contributed by atoms with Crippen molar-refractivity contribution in [1.29, 1.82) is 0 Å². The van der Waals surface area contributed by atoms with Gasteiger partial charge in [0.2, 0.25) is 0 Å². The summed E-state index contributed by atoms with van der Waals surface area (Å²) in [7, 11) is 0.